The van der Waals surface area contributed by atoms with Crippen LogP contribution in [0.3, 0.4) is 0 Å². The number of hydrogen-bond donors (Lipinski definition) is 1. The SMILES string of the molecule is O=c1nccccc1Nc1nc2ccccc2c2nc(-c3ccc(Br)cc3OC(F)F)nn12. The number of nitrogens with one attached hydrogen (secondary N) is 1. The van der Waals surface area contributed by atoms with Crippen molar-refractivity contribution in [3.8, 4) is 17.1 Å². The average Bonchev–Trinajstić information content (AvgIpc) is 3.13. The molecule has 0 saturated carbocycles. The monoisotopic (exact) mass is 510 g/mol. The second-order valence-electron chi connectivity index (χ2n) is 6.82. The summed E-state index contributed by atoms with van der Waals surface area (Å²) in [5, 5.41) is 8.14. The third-order valence-electron chi connectivity index (χ3n) is 4.71. The van der Waals surface area contributed by atoms with E-state index < -0.39 is 12.2 Å². The van der Waals surface area contributed by atoms with Gasteiger partial charge in [-0.15, -0.1) is 5.10 Å². The average molecular weight is 511 g/mol. The number of rotatable bonds is 5. The Hall–Kier alpha value is -3.99. The van der Waals surface area contributed by atoms with Gasteiger partial charge >= 0.3 is 6.61 Å². The largest absolute Gasteiger partial charge is 0.434 e. The van der Waals surface area contributed by atoms with E-state index >= 15 is 0 Å². The van der Waals surface area contributed by atoms with E-state index in [1.807, 2.05) is 18.2 Å². The number of aromatic nitrogens is 5. The Morgan fingerprint density at radius 3 is 2.70 bits per heavy atom. The van der Waals surface area contributed by atoms with E-state index in [9.17, 15) is 13.6 Å². The van der Waals surface area contributed by atoms with Crippen molar-refractivity contribution in [3.05, 3.63) is 81.7 Å². The zero-order valence-corrected chi connectivity index (χ0v) is 18.2. The highest BCUT2D eigenvalue weighted by atomic mass is 79.9. The topological polar surface area (TPSA) is 94.3 Å². The van der Waals surface area contributed by atoms with Gasteiger partial charge in [0.05, 0.1) is 11.1 Å². The van der Waals surface area contributed by atoms with E-state index in [1.165, 1.54) is 16.8 Å². The summed E-state index contributed by atoms with van der Waals surface area (Å²) in [7, 11) is 0. The first-order chi connectivity index (χ1) is 16.0. The number of nitrogens with zero attached hydrogens (tertiary/aromatic N) is 5. The molecule has 0 aliphatic heterocycles. The molecule has 164 valence electrons. The maximum atomic E-state index is 13.0. The first-order valence-electron chi connectivity index (χ1n) is 9.62. The smallest absolute Gasteiger partial charge is 0.387 e. The minimum absolute atomic E-state index is 0.0804. The van der Waals surface area contributed by atoms with Gasteiger partial charge in [-0.3, -0.25) is 4.79 Å². The van der Waals surface area contributed by atoms with Gasteiger partial charge in [0.2, 0.25) is 5.95 Å². The molecule has 3 aromatic heterocycles. The summed E-state index contributed by atoms with van der Waals surface area (Å²) in [6, 6.07) is 16.8. The lowest BCUT2D eigenvalue weighted by molar-refractivity contribution is -0.0495. The molecular weight excluding hydrogens is 498 g/mol. The molecule has 0 aliphatic carbocycles. The van der Waals surface area contributed by atoms with Gasteiger partial charge in [0.1, 0.15) is 11.4 Å². The van der Waals surface area contributed by atoms with Crippen LogP contribution >= 0.6 is 15.9 Å². The molecular formula is C22H13BrF2N6O2. The summed E-state index contributed by atoms with van der Waals surface area (Å²) >= 11 is 3.26. The number of ether oxygens (including phenoxy) is 1. The van der Waals surface area contributed by atoms with Crippen molar-refractivity contribution in [1.82, 2.24) is 24.6 Å². The van der Waals surface area contributed by atoms with Crippen LogP contribution in [0, 0.1) is 0 Å². The quantitative estimate of drug-likeness (QED) is 0.362. The highest BCUT2D eigenvalue weighted by Crippen LogP contribution is 2.33. The fourth-order valence-electron chi connectivity index (χ4n) is 3.29. The highest BCUT2D eigenvalue weighted by Gasteiger charge is 2.19. The van der Waals surface area contributed by atoms with E-state index in [0.717, 1.165) is 0 Å². The standard InChI is InChI=1S/C22H13BrF2N6O2/c23-12-8-9-14(17(11-12)33-21(24)25)18-29-19-13-5-1-2-6-15(13)27-22(31(19)30-18)28-16-7-3-4-10-26-20(16)32/h1-11,21H,(H,26,27,28,32). The molecule has 0 fully saturated rings. The van der Waals surface area contributed by atoms with Gasteiger partial charge in [0, 0.05) is 16.1 Å². The number of halogens is 3. The summed E-state index contributed by atoms with van der Waals surface area (Å²) in [6.07, 6.45) is 1.39. The zero-order chi connectivity index (χ0) is 22.9. The van der Waals surface area contributed by atoms with Crippen LogP contribution in [0.4, 0.5) is 20.4 Å². The Morgan fingerprint density at radius 1 is 1.03 bits per heavy atom. The summed E-state index contributed by atoms with van der Waals surface area (Å²) in [6.45, 7) is -3.02. The maximum absolute atomic E-state index is 13.0. The lowest BCUT2D eigenvalue weighted by Gasteiger charge is -2.08. The third kappa shape index (κ3) is 4.10. The molecule has 0 atom stereocenters. The van der Waals surface area contributed by atoms with Crippen LogP contribution in [-0.4, -0.2) is 31.2 Å². The number of hydrogen-bond acceptors (Lipinski definition) is 7. The molecule has 0 unspecified atom stereocenters. The Labute approximate surface area is 193 Å². The molecule has 33 heavy (non-hydrogen) atoms. The van der Waals surface area contributed by atoms with E-state index in [0.29, 0.717) is 21.0 Å². The molecule has 2 aromatic carbocycles. The Kier molecular flexibility index (Phi) is 5.38. The van der Waals surface area contributed by atoms with Crippen LogP contribution in [0.1, 0.15) is 0 Å². The number of alkyl halides is 2. The molecule has 0 amide bonds. The van der Waals surface area contributed by atoms with Crippen molar-refractivity contribution in [2.24, 2.45) is 0 Å². The summed E-state index contributed by atoms with van der Waals surface area (Å²) < 4.78 is 32.7. The molecule has 1 N–H and O–H groups in total. The summed E-state index contributed by atoms with van der Waals surface area (Å²) in [5.41, 5.74) is 1.00. The van der Waals surface area contributed by atoms with Crippen LogP contribution < -0.4 is 15.6 Å². The van der Waals surface area contributed by atoms with Crippen molar-refractivity contribution in [1.29, 1.82) is 0 Å². The number of para-hydroxylation sites is 1. The Morgan fingerprint density at radius 2 is 1.85 bits per heavy atom. The van der Waals surface area contributed by atoms with Crippen molar-refractivity contribution in [2.45, 2.75) is 6.61 Å². The number of fused-ring (bicyclic) bond motifs is 3. The van der Waals surface area contributed by atoms with Gasteiger partial charge in [-0.2, -0.15) is 13.3 Å². The maximum Gasteiger partial charge on any atom is 0.387 e. The van der Waals surface area contributed by atoms with Gasteiger partial charge in [0.15, 0.2) is 11.5 Å². The van der Waals surface area contributed by atoms with Crippen LogP contribution in [0.2, 0.25) is 0 Å². The fourth-order valence-corrected chi connectivity index (χ4v) is 3.63. The lowest BCUT2D eigenvalue weighted by Crippen LogP contribution is -2.11. The van der Waals surface area contributed by atoms with Crippen molar-refractivity contribution in [3.63, 3.8) is 0 Å². The predicted octanol–water partition coefficient (Wildman–Crippen LogP) is 4.81. The van der Waals surface area contributed by atoms with Gasteiger partial charge in [-0.25, -0.2) is 15.0 Å². The van der Waals surface area contributed by atoms with Gasteiger partial charge in [0.25, 0.3) is 5.56 Å². The lowest BCUT2D eigenvalue weighted by atomic mass is 10.2. The molecule has 0 radical (unpaired) electrons. The fraction of sp³-hybridized carbons (Fsp3) is 0.0455. The molecule has 0 aliphatic rings. The van der Waals surface area contributed by atoms with E-state index in [1.54, 1.807) is 36.4 Å². The molecule has 0 bridgehead atoms. The first-order valence-corrected chi connectivity index (χ1v) is 10.4. The van der Waals surface area contributed by atoms with E-state index in [2.05, 4.69) is 46.0 Å². The zero-order valence-electron chi connectivity index (χ0n) is 16.6. The normalized spacial score (nSPS) is 11.3. The molecule has 8 nitrogen and oxygen atoms in total. The minimum atomic E-state index is -3.02. The van der Waals surface area contributed by atoms with Crippen molar-refractivity contribution >= 4 is 44.1 Å². The third-order valence-corrected chi connectivity index (χ3v) is 5.20. The summed E-state index contributed by atoms with van der Waals surface area (Å²) in [4.78, 5) is 25.2. The molecule has 11 heteroatoms. The van der Waals surface area contributed by atoms with Crippen molar-refractivity contribution in [2.75, 3.05) is 5.32 Å². The molecule has 5 aromatic rings. The van der Waals surface area contributed by atoms with E-state index in [4.69, 9.17) is 0 Å². The second kappa shape index (κ2) is 8.51. The molecule has 3 heterocycles. The second-order valence-corrected chi connectivity index (χ2v) is 7.73. The van der Waals surface area contributed by atoms with Gasteiger partial charge in [-0.05, 0) is 42.5 Å². The highest BCUT2D eigenvalue weighted by molar-refractivity contribution is 9.10. The van der Waals surface area contributed by atoms with Crippen LogP contribution in [0.5, 0.6) is 5.75 Å². The first kappa shape index (κ1) is 20.9. The molecule has 0 spiro atoms. The molecule has 5 rings (SSSR count). The van der Waals surface area contributed by atoms with Crippen molar-refractivity contribution < 1.29 is 13.5 Å². The van der Waals surface area contributed by atoms with Crippen LogP contribution in [0.25, 0.3) is 27.9 Å². The van der Waals surface area contributed by atoms with E-state index in [-0.39, 0.29) is 28.8 Å². The number of anilines is 2. The Balaban J connectivity index is 1.74. The van der Waals surface area contributed by atoms with Gasteiger partial charge in [-0.1, -0.05) is 34.1 Å². The van der Waals surface area contributed by atoms with Crippen LogP contribution in [-0.2, 0) is 0 Å². The Bertz CT molecular complexity index is 1560. The number of benzene rings is 2. The van der Waals surface area contributed by atoms with Gasteiger partial charge < -0.3 is 10.1 Å². The summed E-state index contributed by atoms with van der Waals surface area (Å²) in [5.74, 6) is 0.280. The van der Waals surface area contributed by atoms with Crippen LogP contribution in [0.15, 0.2) is 76.1 Å². The predicted molar refractivity (Wildman–Crippen MR) is 122 cm³/mol. The minimum Gasteiger partial charge on any atom is -0.434 e. The molecule has 0 saturated heterocycles.